The van der Waals surface area contributed by atoms with Crippen LogP contribution in [-0.2, 0) is 7.05 Å². The van der Waals surface area contributed by atoms with Gasteiger partial charge in [0.15, 0.2) is 11.8 Å². The van der Waals surface area contributed by atoms with Crippen molar-refractivity contribution < 1.29 is 13.7 Å². The normalized spacial score (nSPS) is 10.8. The molecular weight excluding hydrogens is 230 g/mol. The van der Waals surface area contributed by atoms with Gasteiger partial charge in [-0.25, -0.2) is 9.55 Å². The first-order chi connectivity index (χ1) is 8.76. The molecule has 0 N–H and O–H groups in total. The molecule has 0 amide bonds. The summed E-state index contributed by atoms with van der Waals surface area (Å²) in [4.78, 5) is 8.54. The lowest BCUT2D eigenvalue weighted by Crippen LogP contribution is -2.27. The van der Waals surface area contributed by atoms with E-state index in [1.807, 2.05) is 36.0 Å². The number of aryl methyl sites for hydroxylation is 1. The van der Waals surface area contributed by atoms with Crippen molar-refractivity contribution in [3.05, 3.63) is 36.9 Å². The van der Waals surface area contributed by atoms with E-state index in [9.17, 15) is 0 Å². The molecule has 5 nitrogen and oxygen atoms in total. The number of methoxy groups -OCH3 is 1. The van der Waals surface area contributed by atoms with Crippen molar-refractivity contribution in [2.24, 2.45) is 7.05 Å². The maximum atomic E-state index is 5.69. The van der Waals surface area contributed by atoms with Gasteiger partial charge in [-0.2, -0.15) is 0 Å². The molecule has 5 heteroatoms. The molecule has 0 aliphatic carbocycles. The molecule has 0 aliphatic rings. The van der Waals surface area contributed by atoms with E-state index >= 15 is 0 Å². The molecule has 0 bridgehead atoms. The first kappa shape index (κ1) is 10.7. The van der Waals surface area contributed by atoms with Crippen molar-refractivity contribution in [3.63, 3.8) is 0 Å². The summed E-state index contributed by atoms with van der Waals surface area (Å²) < 4.78 is 12.7. The molecule has 0 spiro atoms. The van der Waals surface area contributed by atoms with E-state index in [0.29, 0.717) is 5.89 Å². The van der Waals surface area contributed by atoms with E-state index in [4.69, 9.17) is 9.15 Å². The number of nitrogens with zero attached hydrogens (tertiary/aromatic N) is 3. The van der Waals surface area contributed by atoms with Crippen LogP contribution in [0.25, 0.3) is 22.6 Å². The topological polar surface area (TPSA) is 52.0 Å². The number of aromatic nitrogens is 3. The van der Waals surface area contributed by atoms with E-state index < -0.39 is 0 Å². The summed E-state index contributed by atoms with van der Waals surface area (Å²) in [5.41, 5.74) is 2.35. The third kappa shape index (κ3) is 1.79. The fourth-order valence-corrected chi connectivity index (χ4v) is 1.77. The van der Waals surface area contributed by atoms with Gasteiger partial charge < -0.3 is 9.15 Å². The van der Waals surface area contributed by atoms with E-state index in [2.05, 4.69) is 9.97 Å². The molecule has 1 aromatic carbocycles. The minimum absolute atomic E-state index is 0.557. The molecule has 0 unspecified atom stereocenters. The first-order valence-electron chi connectivity index (χ1n) is 5.51. The highest BCUT2D eigenvalue weighted by Gasteiger charge is 2.11. The lowest BCUT2D eigenvalue weighted by Gasteiger charge is -1.95. The average Bonchev–Trinajstić information content (AvgIpc) is 2.81. The van der Waals surface area contributed by atoms with Gasteiger partial charge in [-0.05, 0) is 12.1 Å². The molecule has 18 heavy (non-hydrogen) atoms. The van der Waals surface area contributed by atoms with Crippen molar-refractivity contribution >= 4 is 11.1 Å². The molecule has 0 radical (unpaired) electrons. The summed E-state index contributed by atoms with van der Waals surface area (Å²) in [6.45, 7) is 0. The third-order valence-corrected chi connectivity index (χ3v) is 2.65. The van der Waals surface area contributed by atoms with E-state index in [1.165, 1.54) is 0 Å². The SMILES string of the molecule is COc1ccc2oc(-c3cnc[n+](C)c3)nc2c1. The maximum Gasteiger partial charge on any atom is 0.285 e. The molecule has 0 aliphatic heterocycles. The molecule has 2 heterocycles. The molecule has 0 atom stereocenters. The second-order valence-corrected chi connectivity index (χ2v) is 4.00. The Morgan fingerprint density at radius 2 is 2.22 bits per heavy atom. The Bertz CT molecular complexity index is 706. The fraction of sp³-hybridized carbons (Fsp3) is 0.154. The zero-order valence-corrected chi connectivity index (χ0v) is 10.1. The molecule has 3 aromatic rings. The summed E-state index contributed by atoms with van der Waals surface area (Å²) in [6.07, 6.45) is 5.35. The van der Waals surface area contributed by atoms with Gasteiger partial charge in [0.1, 0.15) is 23.0 Å². The average molecular weight is 242 g/mol. The Morgan fingerprint density at radius 1 is 1.33 bits per heavy atom. The van der Waals surface area contributed by atoms with Crippen LogP contribution in [0, 0.1) is 0 Å². The Kier molecular flexibility index (Phi) is 2.44. The summed E-state index contributed by atoms with van der Waals surface area (Å²) in [5, 5.41) is 0. The van der Waals surface area contributed by atoms with Gasteiger partial charge in [0.05, 0.1) is 14.2 Å². The van der Waals surface area contributed by atoms with Crippen molar-refractivity contribution in [2.45, 2.75) is 0 Å². The van der Waals surface area contributed by atoms with Crippen LogP contribution in [0.3, 0.4) is 0 Å². The van der Waals surface area contributed by atoms with Crippen LogP contribution < -0.4 is 9.30 Å². The Balaban J connectivity index is 2.13. The molecule has 90 valence electrons. The predicted molar refractivity (Wildman–Crippen MR) is 65.0 cm³/mol. The van der Waals surface area contributed by atoms with Crippen LogP contribution in [0.5, 0.6) is 5.75 Å². The molecule has 0 fully saturated rings. The summed E-state index contributed by atoms with van der Waals surface area (Å²) in [6, 6.07) is 5.54. The second-order valence-electron chi connectivity index (χ2n) is 4.00. The van der Waals surface area contributed by atoms with Crippen LogP contribution in [0.2, 0.25) is 0 Å². The first-order valence-corrected chi connectivity index (χ1v) is 5.51. The van der Waals surface area contributed by atoms with Crippen molar-refractivity contribution in [1.29, 1.82) is 0 Å². The van der Waals surface area contributed by atoms with Gasteiger partial charge >= 0.3 is 0 Å². The van der Waals surface area contributed by atoms with Gasteiger partial charge in [-0.3, -0.25) is 0 Å². The van der Waals surface area contributed by atoms with Crippen LogP contribution in [0.1, 0.15) is 0 Å². The van der Waals surface area contributed by atoms with Crippen LogP contribution in [-0.4, -0.2) is 17.1 Å². The monoisotopic (exact) mass is 242 g/mol. The van der Waals surface area contributed by atoms with Gasteiger partial charge in [0.2, 0.25) is 5.89 Å². The molecule has 3 rings (SSSR count). The highest BCUT2D eigenvalue weighted by Crippen LogP contribution is 2.25. The number of hydrogen-bond donors (Lipinski definition) is 0. The summed E-state index contributed by atoms with van der Waals surface area (Å²) in [7, 11) is 3.53. The number of ether oxygens (including phenoxy) is 1. The molecule has 0 saturated carbocycles. The fourth-order valence-electron chi connectivity index (χ4n) is 1.77. The number of fused-ring (bicyclic) bond motifs is 1. The number of hydrogen-bond acceptors (Lipinski definition) is 4. The van der Waals surface area contributed by atoms with Gasteiger partial charge in [0.25, 0.3) is 6.33 Å². The number of oxazole rings is 1. The van der Waals surface area contributed by atoms with E-state index in [1.54, 1.807) is 19.6 Å². The number of rotatable bonds is 2. The Labute approximate surface area is 104 Å². The highest BCUT2D eigenvalue weighted by molar-refractivity contribution is 5.77. The third-order valence-electron chi connectivity index (χ3n) is 2.65. The quantitative estimate of drug-likeness (QED) is 0.642. The Hall–Kier alpha value is -2.43. The zero-order chi connectivity index (χ0) is 12.5. The molecule has 2 aromatic heterocycles. The van der Waals surface area contributed by atoms with Crippen LogP contribution in [0.4, 0.5) is 0 Å². The predicted octanol–water partition coefficient (Wildman–Crippen LogP) is 1.72. The minimum atomic E-state index is 0.557. The summed E-state index contributed by atoms with van der Waals surface area (Å²) in [5.74, 6) is 1.32. The highest BCUT2D eigenvalue weighted by atomic mass is 16.5. The zero-order valence-electron chi connectivity index (χ0n) is 10.1. The van der Waals surface area contributed by atoms with Crippen LogP contribution >= 0.6 is 0 Å². The largest absolute Gasteiger partial charge is 0.497 e. The van der Waals surface area contributed by atoms with Crippen molar-refractivity contribution in [2.75, 3.05) is 7.11 Å². The van der Waals surface area contributed by atoms with Gasteiger partial charge in [0, 0.05) is 6.07 Å². The van der Waals surface area contributed by atoms with E-state index in [-0.39, 0.29) is 0 Å². The van der Waals surface area contributed by atoms with Crippen LogP contribution in [0.15, 0.2) is 41.3 Å². The molecule has 0 saturated heterocycles. The smallest absolute Gasteiger partial charge is 0.285 e. The van der Waals surface area contributed by atoms with Gasteiger partial charge in [-0.1, -0.05) is 4.98 Å². The van der Waals surface area contributed by atoms with Crippen molar-refractivity contribution in [3.8, 4) is 17.2 Å². The second kappa shape index (κ2) is 4.10. The lowest BCUT2D eigenvalue weighted by atomic mass is 10.3. The molecular formula is C13H12N3O2+. The van der Waals surface area contributed by atoms with Gasteiger partial charge in [-0.15, -0.1) is 0 Å². The maximum absolute atomic E-state index is 5.69. The standard InChI is InChI=1S/C13H12N3O2/c1-16-7-9(6-14-8-16)13-15-11-5-10(17-2)3-4-12(11)18-13/h3-8H,1-2H3/q+1. The minimum Gasteiger partial charge on any atom is -0.497 e. The van der Waals surface area contributed by atoms with E-state index in [0.717, 1.165) is 22.4 Å². The summed E-state index contributed by atoms with van der Waals surface area (Å²) >= 11 is 0. The van der Waals surface area contributed by atoms with Crippen molar-refractivity contribution in [1.82, 2.24) is 9.97 Å². The number of benzene rings is 1. The lowest BCUT2D eigenvalue weighted by molar-refractivity contribution is -0.674. The Morgan fingerprint density at radius 3 is 3.00 bits per heavy atom.